The van der Waals surface area contributed by atoms with Gasteiger partial charge in [0.05, 0.1) is 5.54 Å². The molecule has 0 fully saturated rings. The van der Waals surface area contributed by atoms with Gasteiger partial charge in [0.1, 0.15) is 0 Å². The quantitative estimate of drug-likeness (QED) is 0.406. The maximum absolute atomic E-state index is 11.1. The van der Waals surface area contributed by atoms with Crippen molar-refractivity contribution in [2.75, 3.05) is 40.8 Å². The number of rotatable bonds is 7. The Morgan fingerprint density at radius 3 is 1.57 bits per heavy atom. The van der Waals surface area contributed by atoms with E-state index in [2.05, 4.69) is 21.3 Å². The lowest BCUT2D eigenvalue weighted by Gasteiger charge is -2.34. The molecule has 0 aromatic carbocycles. The summed E-state index contributed by atoms with van der Waals surface area (Å²) in [4.78, 5) is 11.1. The number of amides is 1. The van der Waals surface area contributed by atoms with E-state index in [1.54, 1.807) is 0 Å². The highest BCUT2D eigenvalue weighted by Gasteiger charge is 2.28. The van der Waals surface area contributed by atoms with E-state index in [-0.39, 0.29) is 11.4 Å². The molecule has 0 rings (SSSR count). The van der Waals surface area contributed by atoms with Gasteiger partial charge < -0.3 is 21.3 Å². The molecule has 84 valence electrons. The molecule has 0 radical (unpaired) electrons. The number of nitrogens with one attached hydrogen (secondary N) is 4. The Morgan fingerprint density at radius 1 is 1.00 bits per heavy atom. The van der Waals surface area contributed by atoms with Crippen molar-refractivity contribution in [2.45, 2.75) is 12.5 Å². The van der Waals surface area contributed by atoms with Gasteiger partial charge in [-0.1, -0.05) is 0 Å². The summed E-state index contributed by atoms with van der Waals surface area (Å²) in [6, 6.07) is 0. The molecule has 0 aromatic rings. The Bertz CT molecular complexity index is 155. The third-order valence-electron chi connectivity index (χ3n) is 1.99. The van der Waals surface area contributed by atoms with Crippen LogP contribution in [0.15, 0.2) is 0 Å². The lowest BCUT2D eigenvalue weighted by Crippen LogP contribution is -2.63. The molecule has 0 bridgehead atoms. The number of likely N-dealkylation sites (N-methyl/N-ethyl adjacent to an activating group) is 3. The standard InChI is InChI=1S/C9H22N4O/c1-8(14)13-9(5-10-2,6-11-3)7-12-4/h10-12H,5-7H2,1-4H3,(H,13,14). The van der Waals surface area contributed by atoms with Gasteiger partial charge in [0.2, 0.25) is 5.91 Å². The maximum atomic E-state index is 11.1. The lowest BCUT2D eigenvalue weighted by molar-refractivity contribution is -0.120. The highest BCUT2D eigenvalue weighted by atomic mass is 16.1. The van der Waals surface area contributed by atoms with E-state index in [9.17, 15) is 4.79 Å². The van der Waals surface area contributed by atoms with Crippen LogP contribution < -0.4 is 21.3 Å². The molecule has 0 aliphatic heterocycles. The van der Waals surface area contributed by atoms with Gasteiger partial charge in [-0.3, -0.25) is 4.79 Å². The second kappa shape index (κ2) is 6.75. The van der Waals surface area contributed by atoms with Crippen LogP contribution in [0.1, 0.15) is 6.92 Å². The summed E-state index contributed by atoms with van der Waals surface area (Å²) < 4.78 is 0. The molecule has 0 aliphatic rings. The van der Waals surface area contributed by atoms with Crippen LogP contribution in [-0.2, 0) is 4.79 Å². The predicted molar refractivity (Wildman–Crippen MR) is 58.3 cm³/mol. The van der Waals surface area contributed by atoms with Crippen molar-refractivity contribution < 1.29 is 4.79 Å². The minimum Gasteiger partial charge on any atom is -0.347 e. The van der Waals surface area contributed by atoms with Crippen LogP contribution in [0.2, 0.25) is 0 Å². The normalized spacial score (nSPS) is 11.4. The smallest absolute Gasteiger partial charge is 0.217 e. The van der Waals surface area contributed by atoms with Gasteiger partial charge in [-0.15, -0.1) is 0 Å². The summed E-state index contributed by atoms with van der Waals surface area (Å²) in [6.45, 7) is 3.73. The molecule has 0 atom stereocenters. The lowest BCUT2D eigenvalue weighted by atomic mass is 9.99. The minimum atomic E-state index is -0.260. The molecule has 0 saturated carbocycles. The average Bonchev–Trinajstić information content (AvgIpc) is 2.03. The summed E-state index contributed by atoms with van der Waals surface area (Å²) in [5, 5.41) is 12.2. The van der Waals surface area contributed by atoms with Crippen LogP contribution in [0.5, 0.6) is 0 Å². The zero-order valence-corrected chi connectivity index (χ0v) is 9.53. The van der Waals surface area contributed by atoms with Crippen LogP contribution >= 0.6 is 0 Å². The fourth-order valence-corrected chi connectivity index (χ4v) is 1.71. The van der Waals surface area contributed by atoms with Crippen LogP contribution in [0, 0.1) is 0 Å². The van der Waals surface area contributed by atoms with E-state index >= 15 is 0 Å². The average molecular weight is 202 g/mol. The third-order valence-corrected chi connectivity index (χ3v) is 1.99. The topological polar surface area (TPSA) is 65.2 Å². The Hall–Kier alpha value is -0.650. The highest BCUT2D eigenvalue weighted by molar-refractivity contribution is 5.74. The summed E-state index contributed by atoms with van der Waals surface area (Å²) in [7, 11) is 5.63. The second-order valence-electron chi connectivity index (χ2n) is 3.55. The first-order valence-electron chi connectivity index (χ1n) is 4.83. The first kappa shape index (κ1) is 13.4. The largest absolute Gasteiger partial charge is 0.347 e. The Morgan fingerprint density at radius 2 is 1.36 bits per heavy atom. The molecule has 4 N–H and O–H groups in total. The predicted octanol–water partition coefficient (Wildman–Crippen LogP) is -1.48. The van der Waals surface area contributed by atoms with E-state index < -0.39 is 0 Å². The van der Waals surface area contributed by atoms with E-state index in [1.807, 2.05) is 21.1 Å². The Labute approximate surface area is 86.0 Å². The van der Waals surface area contributed by atoms with Crippen molar-refractivity contribution in [1.29, 1.82) is 0 Å². The molecule has 0 heterocycles. The van der Waals surface area contributed by atoms with E-state index in [1.165, 1.54) is 6.92 Å². The molecular weight excluding hydrogens is 180 g/mol. The minimum absolute atomic E-state index is 0.00856. The highest BCUT2D eigenvalue weighted by Crippen LogP contribution is 2.00. The molecular formula is C9H22N4O. The molecule has 0 unspecified atom stereocenters. The number of hydrogen-bond donors (Lipinski definition) is 4. The summed E-state index contributed by atoms with van der Waals surface area (Å²) >= 11 is 0. The number of carbonyl (C=O) groups is 1. The third kappa shape index (κ3) is 4.55. The van der Waals surface area contributed by atoms with Crippen molar-refractivity contribution >= 4 is 5.91 Å². The fourth-order valence-electron chi connectivity index (χ4n) is 1.71. The summed E-state index contributed by atoms with van der Waals surface area (Å²) in [5.74, 6) is -0.00856. The Kier molecular flexibility index (Phi) is 6.44. The van der Waals surface area contributed by atoms with Crippen LogP contribution in [0.25, 0.3) is 0 Å². The molecule has 0 spiro atoms. The molecule has 5 heteroatoms. The van der Waals surface area contributed by atoms with E-state index in [0.717, 1.165) is 19.6 Å². The van der Waals surface area contributed by atoms with Gasteiger partial charge in [-0.2, -0.15) is 0 Å². The van der Waals surface area contributed by atoms with Crippen molar-refractivity contribution in [3.8, 4) is 0 Å². The van der Waals surface area contributed by atoms with Gasteiger partial charge in [0.25, 0.3) is 0 Å². The van der Waals surface area contributed by atoms with Gasteiger partial charge in [0, 0.05) is 26.6 Å². The van der Waals surface area contributed by atoms with E-state index in [0.29, 0.717) is 0 Å². The Balaban J connectivity index is 4.45. The van der Waals surface area contributed by atoms with Crippen LogP contribution in [-0.4, -0.2) is 52.2 Å². The number of carbonyl (C=O) groups excluding carboxylic acids is 1. The first-order valence-corrected chi connectivity index (χ1v) is 4.83. The SMILES string of the molecule is CNCC(CNC)(CNC)NC(C)=O. The summed E-state index contributed by atoms with van der Waals surface area (Å²) in [5.41, 5.74) is -0.260. The van der Waals surface area contributed by atoms with Gasteiger partial charge in [0.15, 0.2) is 0 Å². The van der Waals surface area contributed by atoms with Crippen LogP contribution in [0.4, 0.5) is 0 Å². The van der Waals surface area contributed by atoms with Gasteiger partial charge in [-0.25, -0.2) is 0 Å². The van der Waals surface area contributed by atoms with E-state index in [4.69, 9.17) is 0 Å². The zero-order valence-electron chi connectivity index (χ0n) is 9.53. The van der Waals surface area contributed by atoms with Crippen molar-refractivity contribution in [2.24, 2.45) is 0 Å². The first-order chi connectivity index (χ1) is 6.60. The van der Waals surface area contributed by atoms with Gasteiger partial charge >= 0.3 is 0 Å². The maximum Gasteiger partial charge on any atom is 0.217 e. The molecule has 0 aliphatic carbocycles. The van der Waals surface area contributed by atoms with Crippen molar-refractivity contribution in [1.82, 2.24) is 21.3 Å². The van der Waals surface area contributed by atoms with Crippen LogP contribution in [0.3, 0.4) is 0 Å². The second-order valence-corrected chi connectivity index (χ2v) is 3.55. The molecule has 0 saturated heterocycles. The summed E-state index contributed by atoms with van der Waals surface area (Å²) in [6.07, 6.45) is 0. The molecule has 14 heavy (non-hydrogen) atoms. The van der Waals surface area contributed by atoms with Gasteiger partial charge in [-0.05, 0) is 21.1 Å². The molecule has 0 aromatic heterocycles. The number of hydrogen-bond acceptors (Lipinski definition) is 4. The molecule has 1 amide bonds. The monoisotopic (exact) mass is 202 g/mol. The zero-order chi connectivity index (χ0) is 11.0. The van der Waals surface area contributed by atoms with Crippen molar-refractivity contribution in [3.63, 3.8) is 0 Å². The fraction of sp³-hybridized carbons (Fsp3) is 0.889. The molecule has 5 nitrogen and oxygen atoms in total. The van der Waals surface area contributed by atoms with Crippen molar-refractivity contribution in [3.05, 3.63) is 0 Å².